The number of nitrogens with zero attached hydrogens (tertiary/aromatic N) is 1. The van der Waals surface area contributed by atoms with Crippen LogP contribution >= 0.6 is 31.9 Å². The summed E-state index contributed by atoms with van der Waals surface area (Å²) in [4.78, 5) is 4.51. The van der Waals surface area contributed by atoms with E-state index in [9.17, 15) is 0 Å². The van der Waals surface area contributed by atoms with Crippen LogP contribution in [0, 0.1) is 5.92 Å². The van der Waals surface area contributed by atoms with Crippen LogP contribution in [0.2, 0.25) is 0 Å². The molecule has 0 spiro atoms. The molecule has 2 nitrogen and oxygen atoms in total. The molecule has 0 bridgehead atoms. The minimum absolute atomic E-state index is 0.322. The molecule has 0 radical (unpaired) electrons. The summed E-state index contributed by atoms with van der Waals surface area (Å²) in [5.74, 6) is 0.754. The summed E-state index contributed by atoms with van der Waals surface area (Å²) in [6.07, 6.45) is 5.44. The maximum absolute atomic E-state index is 4.51. The molecule has 0 saturated heterocycles. The smallest absolute Gasteiger partial charge is 0.0715 e. The summed E-state index contributed by atoms with van der Waals surface area (Å²) in [6, 6.07) is 2.38. The molecule has 1 N–H and O–H groups in total. The quantitative estimate of drug-likeness (QED) is 0.792. The van der Waals surface area contributed by atoms with Gasteiger partial charge in [-0.3, -0.25) is 4.98 Å². The van der Waals surface area contributed by atoms with Crippen LogP contribution in [0.25, 0.3) is 0 Å². The van der Waals surface area contributed by atoms with Crippen LogP contribution in [0.5, 0.6) is 0 Å². The predicted molar refractivity (Wildman–Crippen MR) is 80.1 cm³/mol. The van der Waals surface area contributed by atoms with Gasteiger partial charge in [-0.05, 0) is 57.3 Å². The van der Waals surface area contributed by atoms with Gasteiger partial charge in [-0.25, -0.2) is 0 Å². The number of pyridine rings is 1. The molecule has 4 heteroatoms. The van der Waals surface area contributed by atoms with E-state index in [1.165, 1.54) is 12.8 Å². The SMILES string of the molecule is CCC(CC)CC(NC)c1ncc(Br)cc1Br. The van der Waals surface area contributed by atoms with Crippen molar-refractivity contribution in [2.45, 2.75) is 39.2 Å². The Morgan fingerprint density at radius 3 is 2.41 bits per heavy atom. The lowest BCUT2D eigenvalue weighted by Crippen LogP contribution is -2.21. The summed E-state index contributed by atoms with van der Waals surface area (Å²) in [6.45, 7) is 4.51. The van der Waals surface area contributed by atoms with E-state index < -0.39 is 0 Å². The number of nitrogens with one attached hydrogen (secondary N) is 1. The van der Waals surface area contributed by atoms with Crippen molar-refractivity contribution in [3.05, 3.63) is 26.9 Å². The molecule has 0 aliphatic heterocycles. The summed E-state index contributed by atoms with van der Waals surface area (Å²) in [5, 5.41) is 3.37. The second kappa shape index (κ2) is 7.49. The zero-order valence-corrected chi connectivity index (χ0v) is 13.8. The van der Waals surface area contributed by atoms with Gasteiger partial charge in [-0.15, -0.1) is 0 Å². The highest BCUT2D eigenvalue weighted by atomic mass is 79.9. The van der Waals surface area contributed by atoms with Crippen LogP contribution in [0.4, 0.5) is 0 Å². The monoisotopic (exact) mass is 362 g/mol. The molecule has 1 heterocycles. The van der Waals surface area contributed by atoms with Crippen molar-refractivity contribution in [1.82, 2.24) is 10.3 Å². The highest BCUT2D eigenvalue weighted by Crippen LogP contribution is 2.29. The molecule has 1 aromatic rings. The number of hydrogen-bond acceptors (Lipinski definition) is 2. The lowest BCUT2D eigenvalue weighted by molar-refractivity contribution is 0.380. The lowest BCUT2D eigenvalue weighted by atomic mass is 9.93. The van der Waals surface area contributed by atoms with Gasteiger partial charge in [-0.1, -0.05) is 26.7 Å². The van der Waals surface area contributed by atoms with Gasteiger partial charge in [0.25, 0.3) is 0 Å². The third-order valence-corrected chi connectivity index (χ3v) is 4.31. The van der Waals surface area contributed by atoms with E-state index in [2.05, 4.69) is 62.1 Å². The van der Waals surface area contributed by atoms with Crippen molar-refractivity contribution in [1.29, 1.82) is 0 Å². The fourth-order valence-corrected chi connectivity index (χ4v) is 3.27. The van der Waals surface area contributed by atoms with E-state index in [4.69, 9.17) is 0 Å². The van der Waals surface area contributed by atoms with Gasteiger partial charge in [0, 0.05) is 15.1 Å². The molecule has 1 rings (SSSR count). The van der Waals surface area contributed by atoms with Crippen molar-refractivity contribution < 1.29 is 0 Å². The molecule has 1 atom stereocenters. The first-order valence-corrected chi connectivity index (χ1v) is 7.69. The molecule has 1 aromatic heterocycles. The van der Waals surface area contributed by atoms with Gasteiger partial charge in [0.1, 0.15) is 0 Å². The summed E-state index contributed by atoms with van der Waals surface area (Å²) in [5.41, 5.74) is 1.10. The number of aromatic nitrogens is 1. The fraction of sp³-hybridized carbons (Fsp3) is 0.615. The van der Waals surface area contributed by atoms with Crippen molar-refractivity contribution in [2.24, 2.45) is 5.92 Å². The lowest BCUT2D eigenvalue weighted by Gasteiger charge is -2.22. The Morgan fingerprint density at radius 1 is 1.29 bits per heavy atom. The third kappa shape index (κ3) is 4.34. The molecular formula is C13H20Br2N2. The van der Waals surface area contributed by atoms with Crippen LogP contribution in [0.3, 0.4) is 0 Å². The molecular weight excluding hydrogens is 344 g/mol. The van der Waals surface area contributed by atoms with Crippen molar-refractivity contribution in [3.63, 3.8) is 0 Å². The molecule has 0 amide bonds. The van der Waals surface area contributed by atoms with Crippen molar-refractivity contribution >= 4 is 31.9 Å². The van der Waals surface area contributed by atoms with E-state index in [1.807, 2.05) is 13.2 Å². The van der Waals surface area contributed by atoms with E-state index in [0.29, 0.717) is 6.04 Å². The Balaban J connectivity index is 2.85. The summed E-state index contributed by atoms with van der Waals surface area (Å²) in [7, 11) is 2.00. The summed E-state index contributed by atoms with van der Waals surface area (Å²) >= 11 is 7.02. The number of rotatable bonds is 6. The Hall–Kier alpha value is 0.0700. The Bertz CT molecular complexity index is 351. The van der Waals surface area contributed by atoms with Gasteiger partial charge in [0.15, 0.2) is 0 Å². The first-order chi connectivity index (χ1) is 8.12. The Morgan fingerprint density at radius 2 is 1.94 bits per heavy atom. The van der Waals surface area contributed by atoms with Gasteiger partial charge < -0.3 is 5.32 Å². The minimum atomic E-state index is 0.322. The van der Waals surface area contributed by atoms with Gasteiger partial charge in [-0.2, -0.15) is 0 Å². The molecule has 0 aliphatic carbocycles. The molecule has 0 saturated carbocycles. The van der Waals surface area contributed by atoms with Gasteiger partial charge in [0.2, 0.25) is 0 Å². The molecule has 0 aliphatic rings. The zero-order chi connectivity index (χ0) is 12.8. The van der Waals surface area contributed by atoms with Crippen LogP contribution < -0.4 is 5.32 Å². The fourth-order valence-electron chi connectivity index (χ4n) is 2.00. The topological polar surface area (TPSA) is 24.9 Å². The first kappa shape index (κ1) is 15.1. The van der Waals surface area contributed by atoms with Crippen LogP contribution in [-0.4, -0.2) is 12.0 Å². The molecule has 1 unspecified atom stereocenters. The van der Waals surface area contributed by atoms with Crippen LogP contribution in [-0.2, 0) is 0 Å². The first-order valence-electron chi connectivity index (χ1n) is 6.10. The highest BCUT2D eigenvalue weighted by molar-refractivity contribution is 9.11. The maximum atomic E-state index is 4.51. The second-order valence-electron chi connectivity index (χ2n) is 4.28. The van der Waals surface area contributed by atoms with Crippen molar-refractivity contribution in [3.8, 4) is 0 Å². The van der Waals surface area contributed by atoms with E-state index in [0.717, 1.165) is 27.0 Å². The molecule has 17 heavy (non-hydrogen) atoms. The van der Waals surface area contributed by atoms with Crippen LogP contribution in [0.15, 0.2) is 21.2 Å². The van der Waals surface area contributed by atoms with Crippen molar-refractivity contribution in [2.75, 3.05) is 7.05 Å². The average Bonchev–Trinajstić information content (AvgIpc) is 2.32. The van der Waals surface area contributed by atoms with E-state index in [-0.39, 0.29) is 0 Å². The predicted octanol–water partition coefficient (Wildman–Crippen LogP) is 4.69. The van der Waals surface area contributed by atoms with Gasteiger partial charge >= 0.3 is 0 Å². The van der Waals surface area contributed by atoms with E-state index in [1.54, 1.807) is 0 Å². The number of halogens is 2. The maximum Gasteiger partial charge on any atom is 0.0715 e. The summed E-state index contributed by atoms with van der Waals surface area (Å²) < 4.78 is 2.07. The normalized spacial score (nSPS) is 13.1. The van der Waals surface area contributed by atoms with E-state index >= 15 is 0 Å². The third-order valence-electron chi connectivity index (χ3n) is 3.24. The number of hydrogen-bond donors (Lipinski definition) is 1. The Kier molecular flexibility index (Phi) is 6.67. The largest absolute Gasteiger partial charge is 0.312 e. The standard InChI is InChI=1S/C13H20Br2N2/c1-4-9(5-2)6-12(16-3)13-11(15)7-10(14)8-17-13/h7-9,12,16H,4-6H2,1-3H3. The molecule has 0 fully saturated rings. The average molecular weight is 364 g/mol. The highest BCUT2D eigenvalue weighted by Gasteiger charge is 2.18. The Labute approximate surface area is 121 Å². The minimum Gasteiger partial charge on any atom is -0.312 e. The molecule has 0 aromatic carbocycles. The second-order valence-corrected chi connectivity index (χ2v) is 6.05. The molecule has 96 valence electrons. The van der Waals surface area contributed by atoms with Gasteiger partial charge in [0.05, 0.1) is 11.7 Å². The zero-order valence-electron chi connectivity index (χ0n) is 10.6. The van der Waals surface area contributed by atoms with Crippen LogP contribution in [0.1, 0.15) is 44.8 Å².